The molecule has 0 heterocycles. The number of aryl methyl sites for hydroxylation is 2. The lowest BCUT2D eigenvalue weighted by Crippen LogP contribution is -2.40. The predicted molar refractivity (Wildman–Crippen MR) is 283 cm³/mol. The van der Waals surface area contributed by atoms with Gasteiger partial charge in [0.15, 0.2) is 0 Å². The Bertz CT molecular complexity index is 2740. The summed E-state index contributed by atoms with van der Waals surface area (Å²) in [6.45, 7) is 14.2. The molecule has 9 amide bonds. The van der Waals surface area contributed by atoms with Crippen molar-refractivity contribution < 1.29 is 44.4 Å². The molecule has 12 N–H and O–H groups in total. The molecule has 0 saturated carbocycles. The van der Waals surface area contributed by atoms with E-state index < -0.39 is 17.7 Å². The van der Waals surface area contributed by atoms with Crippen LogP contribution in [0.3, 0.4) is 0 Å². The van der Waals surface area contributed by atoms with E-state index in [0.29, 0.717) is 23.2 Å². The molecule has 0 aliphatic rings. The second-order valence-corrected chi connectivity index (χ2v) is 17.6. The summed E-state index contributed by atoms with van der Waals surface area (Å²) < 4.78 is 0. The Morgan fingerprint density at radius 2 is 0.838 bits per heavy atom. The largest absolute Gasteiger partial charge is 0.338 e. The maximum Gasteiger partial charge on any atom is 0.319 e. The number of amides is 9. The van der Waals surface area contributed by atoms with Gasteiger partial charge in [-0.1, -0.05) is 117 Å². The molecule has 18 heteroatoms. The summed E-state index contributed by atoms with van der Waals surface area (Å²) >= 11 is 0. The quantitative estimate of drug-likeness (QED) is 0.0325. The number of rotatable bonds is 16. The van der Waals surface area contributed by atoms with Gasteiger partial charge in [-0.3, -0.25) is 30.0 Å². The zero-order valence-electron chi connectivity index (χ0n) is 42.5. The van der Waals surface area contributed by atoms with Gasteiger partial charge in [-0.15, -0.1) is 0 Å². The fourth-order valence-corrected chi connectivity index (χ4v) is 7.28. The molecule has 6 aromatic carbocycles. The predicted octanol–water partition coefficient (Wildman–Crippen LogP) is 9.28. The van der Waals surface area contributed by atoms with Crippen LogP contribution in [-0.4, -0.2) is 58.0 Å². The van der Waals surface area contributed by atoms with Crippen LogP contribution in [0, 0.1) is 19.8 Å². The number of carbonyl (C=O) groups is 6. The van der Waals surface area contributed by atoms with Gasteiger partial charge in [-0.25, -0.2) is 30.8 Å². The van der Waals surface area contributed by atoms with Crippen molar-refractivity contribution in [1.29, 1.82) is 0 Å². The van der Waals surface area contributed by atoms with Gasteiger partial charge in [-0.2, -0.15) is 0 Å². The number of hydrogen-bond acceptors (Lipinski definition) is 9. The van der Waals surface area contributed by atoms with Gasteiger partial charge in [-0.05, 0) is 134 Å². The first-order chi connectivity index (χ1) is 35.4. The molecule has 0 aliphatic carbocycles. The van der Waals surface area contributed by atoms with Gasteiger partial charge >= 0.3 is 18.1 Å². The summed E-state index contributed by atoms with van der Waals surface area (Å²) in [4.78, 5) is 70.4. The average Bonchev–Trinajstić information content (AvgIpc) is 3.41. The number of hydroxylamine groups is 3. The van der Waals surface area contributed by atoms with E-state index in [0.717, 1.165) is 39.9 Å². The van der Waals surface area contributed by atoms with Crippen LogP contribution in [0.2, 0.25) is 0 Å². The van der Waals surface area contributed by atoms with E-state index in [2.05, 4.69) is 31.9 Å². The first-order valence-electron chi connectivity index (χ1n) is 23.9. The zero-order chi connectivity index (χ0) is 54.2. The minimum atomic E-state index is -0.574. The SMILES string of the molecule is CC(C)[C@@H](NC(=O)NCCc1ccccc1)c1ccc(C(=O)NO)cc1.C[C@H](NC(=O)N[C@H](C)c1ccc(C(=O)NO)cc1)c1ccccc1.Cc1ccc(NC(=O)N[C@H](C)c2ccc(C(=O)NO)cc2)cc1C. The number of hydrogen-bond donors (Lipinski definition) is 12. The van der Waals surface area contributed by atoms with Crippen molar-refractivity contribution in [3.63, 3.8) is 0 Å². The molecule has 6 aromatic rings. The molecule has 0 unspecified atom stereocenters. The van der Waals surface area contributed by atoms with Crippen molar-refractivity contribution in [2.24, 2.45) is 5.92 Å². The van der Waals surface area contributed by atoms with Crippen molar-refractivity contribution in [2.45, 2.75) is 79.1 Å². The number of carbonyl (C=O) groups excluding carboxylic acids is 6. The van der Waals surface area contributed by atoms with Crippen LogP contribution < -0.4 is 48.3 Å². The molecule has 4 atom stereocenters. The van der Waals surface area contributed by atoms with Crippen LogP contribution in [0.15, 0.2) is 152 Å². The lowest BCUT2D eigenvalue weighted by molar-refractivity contribution is 0.0702. The summed E-state index contributed by atoms with van der Waals surface area (Å²) in [5, 5.41) is 43.1. The van der Waals surface area contributed by atoms with Crippen molar-refractivity contribution in [3.8, 4) is 0 Å². The van der Waals surface area contributed by atoms with E-state index in [9.17, 15) is 28.8 Å². The summed E-state index contributed by atoms with van der Waals surface area (Å²) in [6, 6.07) is 43.9. The second kappa shape index (κ2) is 29.7. The van der Waals surface area contributed by atoms with Crippen LogP contribution in [0.4, 0.5) is 20.1 Å². The maximum atomic E-state index is 12.2. The van der Waals surface area contributed by atoms with Gasteiger partial charge in [0.1, 0.15) is 0 Å². The smallest absolute Gasteiger partial charge is 0.319 e. The summed E-state index contributed by atoms with van der Waals surface area (Å²) in [7, 11) is 0. The normalized spacial score (nSPS) is 12.0. The molecule has 18 nitrogen and oxygen atoms in total. The number of urea groups is 3. The Kier molecular flexibility index (Phi) is 23.3. The van der Waals surface area contributed by atoms with Crippen molar-refractivity contribution in [2.75, 3.05) is 11.9 Å². The highest BCUT2D eigenvalue weighted by atomic mass is 16.5. The fraction of sp³-hybridized carbons (Fsp3) is 0.250. The maximum absolute atomic E-state index is 12.2. The molecule has 0 spiro atoms. The number of anilines is 1. The average molecular weight is 1010 g/mol. The highest BCUT2D eigenvalue weighted by molar-refractivity contribution is 5.94. The standard InChI is InChI=1S/C20H25N3O3.2C18H21N3O3/c1-14(2)18(16-8-10-17(11-9-16)19(24)23-26)22-20(25)21-13-12-15-6-4-3-5-7-15;1-11-4-9-16(10-12(11)2)20-18(23)19-13(3)14-5-7-15(8-6-14)17(22)21-24;1-12(14-6-4-3-5-7-14)19-18(23)20-13(2)15-8-10-16(11-9-15)17(22)21-24/h3-11,14,18,26H,12-13H2,1-2H3,(H,23,24)(H2,21,22,25);4-10,13,24H,1-3H3,(H,21,22)(H2,19,20,23);3-13,24H,1-2H3,(H,21,22)(H2,19,20,23)/t18-;13-;12-,13+/m110/s1. The van der Waals surface area contributed by atoms with Crippen molar-refractivity contribution in [3.05, 3.63) is 207 Å². The molecular formula is C56H67N9O9. The Morgan fingerprint density at radius 3 is 1.26 bits per heavy atom. The minimum absolute atomic E-state index is 0.103. The summed E-state index contributed by atoms with van der Waals surface area (Å²) in [5.74, 6) is -1.54. The third kappa shape index (κ3) is 18.9. The van der Waals surface area contributed by atoms with Crippen molar-refractivity contribution >= 4 is 41.5 Å². The fourth-order valence-electron chi connectivity index (χ4n) is 7.28. The lowest BCUT2D eigenvalue weighted by atomic mass is 9.95. The second-order valence-electron chi connectivity index (χ2n) is 17.6. The number of benzene rings is 6. The molecule has 0 radical (unpaired) electrons. The zero-order valence-corrected chi connectivity index (χ0v) is 42.5. The van der Waals surface area contributed by atoms with Gasteiger partial charge in [0.05, 0.1) is 24.2 Å². The Morgan fingerprint density at radius 1 is 0.432 bits per heavy atom. The van der Waals surface area contributed by atoms with Gasteiger partial charge < -0.3 is 31.9 Å². The molecule has 390 valence electrons. The Labute approximate surface area is 431 Å². The topological polar surface area (TPSA) is 271 Å². The van der Waals surface area contributed by atoms with Crippen LogP contribution in [0.5, 0.6) is 0 Å². The summed E-state index contributed by atoms with van der Waals surface area (Å²) in [6.07, 6.45) is 0.769. The molecule has 0 aliphatic heterocycles. The monoisotopic (exact) mass is 1010 g/mol. The molecule has 0 bridgehead atoms. The van der Waals surface area contributed by atoms with Crippen LogP contribution in [-0.2, 0) is 6.42 Å². The van der Waals surface area contributed by atoms with Crippen LogP contribution >= 0.6 is 0 Å². The molecular weight excluding hydrogens is 943 g/mol. The Hall–Kier alpha value is -8.58. The summed E-state index contributed by atoms with van der Waals surface area (Å²) in [5.41, 5.74) is 13.6. The molecule has 0 saturated heterocycles. The van der Waals surface area contributed by atoms with E-state index in [1.165, 1.54) is 11.1 Å². The van der Waals surface area contributed by atoms with Gasteiger partial charge in [0, 0.05) is 28.9 Å². The first kappa shape index (κ1) is 58.0. The highest BCUT2D eigenvalue weighted by Crippen LogP contribution is 2.23. The third-order valence-electron chi connectivity index (χ3n) is 11.8. The van der Waals surface area contributed by atoms with Crippen LogP contribution in [0.25, 0.3) is 0 Å². The van der Waals surface area contributed by atoms with E-state index >= 15 is 0 Å². The van der Waals surface area contributed by atoms with E-state index in [1.807, 2.05) is 127 Å². The van der Waals surface area contributed by atoms with E-state index in [1.54, 1.807) is 89.2 Å². The molecule has 6 rings (SSSR count). The highest BCUT2D eigenvalue weighted by Gasteiger charge is 2.19. The number of nitrogens with one attached hydrogen (secondary N) is 9. The lowest BCUT2D eigenvalue weighted by Gasteiger charge is -2.23. The van der Waals surface area contributed by atoms with Gasteiger partial charge in [0.25, 0.3) is 17.7 Å². The minimum Gasteiger partial charge on any atom is -0.338 e. The third-order valence-corrected chi connectivity index (χ3v) is 11.8. The van der Waals surface area contributed by atoms with Gasteiger partial charge in [0.2, 0.25) is 0 Å². The van der Waals surface area contributed by atoms with E-state index in [-0.39, 0.29) is 48.2 Å². The Balaban J connectivity index is 0.000000241. The first-order valence-corrected chi connectivity index (χ1v) is 23.9. The van der Waals surface area contributed by atoms with E-state index in [4.69, 9.17) is 15.6 Å². The molecule has 74 heavy (non-hydrogen) atoms. The molecule has 0 aromatic heterocycles. The molecule has 0 fully saturated rings. The van der Waals surface area contributed by atoms with Crippen molar-refractivity contribution in [1.82, 2.24) is 43.0 Å². The van der Waals surface area contributed by atoms with Crippen LogP contribution in [0.1, 0.15) is 129 Å².